The number of rotatable bonds is 7. The number of anilines is 1. The number of sulfonamides is 1. The van der Waals surface area contributed by atoms with Crippen LogP contribution in [-0.2, 0) is 16.6 Å². The summed E-state index contributed by atoms with van der Waals surface area (Å²) >= 11 is 1.50. The smallest absolute Gasteiger partial charge is 0.319 e. The topological polar surface area (TPSA) is 85.9 Å². The van der Waals surface area contributed by atoms with E-state index in [2.05, 4.69) is 20.1 Å². The second kappa shape index (κ2) is 11.0. The fourth-order valence-electron chi connectivity index (χ4n) is 5.65. The average Bonchev–Trinajstić information content (AvgIpc) is 3.45. The minimum Gasteiger partial charge on any atom is -0.319 e. The Hall–Kier alpha value is -1.23. The predicted molar refractivity (Wildman–Crippen MR) is 133 cm³/mol. The van der Waals surface area contributed by atoms with Crippen LogP contribution in [0.25, 0.3) is 0 Å². The molecule has 2 amide bonds. The molecule has 1 aliphatic heterocycles. The highest BCUT2D eigenvalue weighted by Crippen LogP contribution is 2.31. The molecule has 186 valence electrons. The maximum absolute atomic E-state index is 13.4. The minimum atomic E-state index is -3.23. The van der Waals surface area contributed by atoms with Gasteiger partial charge in [0.05, 0.1) is 5.25 Å². The van der Waals surface area contributed by atoms with E-state index in [4.69, 9.17) is 0 Å². The van der Waals surface area contributed by atoms with Gasteiger partial charge in [0, 0.05) is 50.3 Å². The Morgan fingerprint density at radius 2 is 1.67 bits per heavy atom. The van der Waals surface area contributed by atoms with Crippen molar-refractivity contribution in [3.63, 3.8) is 0 Å². The van der Waals surface area contributed by atoms with Crippen molar-refractivity contribution in [2.75, 3.05) is 32.5 Å². The molecular formula is C23H39N5O3S2. The van der Waals surface area contributed by atoms with Gasteiger partial charge in [-0.2, -0.15) is 0 Å². The van der Waals surface area contributed by atoms with Crippen molar-refractivity contribution >= 4 is 32.5 Å². The summed E-state index contributed by atoms with van der Waals surface area (Å²) in [6.07, 6.45) is 14.3. The number of urea groups is 1. The van der Waals surface area contributed by atoms with Gasteiger partial charge < -0.3 is 4.90 Å². The summed E-state index contributed by atoms with van der Waals surface area (Å²) in [6, 6.07) is 0.705. The van der Waals surface area contributed by atoms with Crippen molar-refractivity contribution in [1.82, 2.24) is 19.1 Å². The summed E-state index contributed by atoms with van der Waals surface area (Å²) in [5.41, 5.74) is 0. The van der Waals surface area contributed by atoms with E-state index in [0.717, 1.165) is 37.1 Å². The Labute approximate surface area is 202 Å². The molecule has 1 atom stereocenters. The van der Waals surface area contributed by atoms with Gasteiger partial charge >= 0.3 is 6.03 Å². The summed E-state index contributed by atoms with van der Waals surface area (Å²) < 4.78 is 26.2. The van der Waals surface area contributed by atoms with Gasteiger partial charge in [-0.25, -0.2) is 22.5 Å². The number of amides is 2. The lowest BCUT2D eigenvalue weighted by Gasteiger charge is -2.41. The summed E-state index contributed by atoms with van der Waals surface area (Å²) in [4.78, 5) is 23.2. The number of hydrogen-bond donors (Lipinski definition) is 1. The van der Waals surface area contributed by atoms with Gasteiger partial charge in [0.15, 0.2) is 5.13 Å². The second-order valence-electron chi connectivity index (χ2n) is 10.0. The van der Waals surface area contributed by atoms with E-state index >= 15 is 0 Å². The van der Waals surface area contributed by atoms with Crippen molar-refractivity contribution in [3.05, 3.63) is 11.1 Å². The fraction of sp³-hybridized carbons (Fsp3) is 0.826. The monoisotopic (exact) mass is 497 g/mol. The summed E-state index contributed by atoms with van der Waals surface area (Å²) in [5, 5.41) is 3.40. The largest absolute Gasteiger partial charge is 0.324 e. The van der Waals surface area contributed by atoms with Gasteiger partial charge in [-0.1, -0.05) is 38.5 Å². The van der Waals surface area contributed by atoms with E-state index < -0.39 is 10.0 Å². The number of nitrogens with one attached hydrogen (secondary N) is 1. The van der Waals surface area contributed by atoms with Crippen LogP contribution in [0.4, 0.5) is 9.93 Å². The number of hydrogen-bond acceptors (Lipinski definition) is 6. The predicted octanol–water partition coefficient (Wildman–Crippen LogP) is 4.11. The van der Waals surface area contributed by atoms with Crippen LogP contribution in [0.1, 0.15) is 75.5 Å². The highest BCUT2D eigenvalue weighted by molar-refractivity contribution is 7.89. The third-order valence-electron chi connectivity index (χ3n) is 7.48. The zero-order valence-corrected chi connectivity index (χ0v) is 21.7. The zero-order chi connectivity index (χ0) is 23.4. The molecule has 1 saturated heterocycles. The zero-order valence-electron chi connectivity index (χ0n) is 20.0. The molecule has 2 saturated carbocycles. The Morgan fingerprint density at radius 3 is 2.24 bits per heavy atom. The first-order chi connectivity index (χ1) is 15.8. The molecule has 8 nitrogen and oxygen atoms in total. The molecule has 1 aromatic rings. The molecule has 10 heteroatoms. The first-order valence-electron chi connectivity index (χ1n) is 12.5. The third-order valence-corrected chi connectivity index (χ3v) is 10.6. The minimum absolute atomic E-state index is 0.00742. The normalized spacial score (nSPS) is 23.8. The van der Waals surface area contributed by atoms with Crippen LogP contribution < -0.4 is 5.32 Å². The van der Waals surface area contributed by atoms with Crippen LogP contribution >= 0.6 is 11.3 Å². The number of aromatic nitrogens is 1. The quantitative estimate of drug-likeness (QED) is 0.613. The molecule has 4 rings (SSSR count). The fourth-order valence-corrected chi connectivity index (χ4v) is 7.89. The first-order valence-corrected chi connectivity index (χ1v) is 14.8. The molecule has 0 spiro atoms. The SMILES string of the molecule is CN(C)S(=O)(=O)C1CCN(Cc2cnc(NC(=O)N(C3CCCCC3)C3CCCCC3)s2)C1. The van der Waals surface area contributed by atoms with Gasteiger partial charge in [0.25, 0.3) is 0 Å². The van der Waals surface area contributed by atoms with Gasteiger partial charge in [0.2, 0.25) is 10.0 Å². The van der Waals surface area contributed by atoms with Crippen molar-refractivity contribution in [2.45, 2.75) is 94.5 Å². The van der Waals surface area contributed by atoms with Crippen molar-refractivity contribution < 1.29 is 13.2 Å². The number of thiazole rings is 1. The highest BCUT2D eigenvalue weighted by atomic mass is 32.2. The van der Waals surface area contributed by atoms with Crippen molar-refractivity contribution in [1.29, 1.82) is 0 Å². The van der Waals surface area contributed by atoms with E-state index in [1.807, 2.05) is 6.20 Å². The van der Waals surface area contributed by atoms with E-state index in [1.165, 1.54) is 54.2 Å². The molecule has 1 unspecified atom stereocenters. The molecule has 2 aliphatic carbocycles. The summed E-state index contributed by atoms with van der Waals surface area (Å²) in [5.74, 6) is 0. The third kappa shape index (κ3) is 6.07. The Morgan fingerprint density at radius 1 is 1.06 bits per heavy atom. The summed E-state index contributed by atoms with van der Waals surface area (Å²) in [7, 11) is -0.0322. The lowest BCUT2D eigenvalue weighted by molar-refractivity contribution is 0.114. The van der Waals surface area contributed by atoms with E-state index in [1.54, 1.807) is 14.1 Å². The Kier molecular flexibility index (Phi) is 8.30. The van der Waals surface area contributed by atoms with Gasteiger partial charge in [-0.05, 0) is 38.6 Å². The molecule has 3 aliphatic rings. The Bertz CT molecular complexity index is 874. The molecular weight excluding hydrogens is 458 g/mol. The van der Waals surface area contributed by atoms with Crippen LogP contribution in [0.15, 0.2) is 6.20 Å². The maximum Gasteiger partial charge on any atom is 0.324 e. The van der Waals surface area contributed by atoms with E-state index in [0.29, 0.717) is 36.7 Å². The number of likely N-dealkylation sites (tertiary alicyclic amines) is 1. The van der Waals surface area contributed by atoms with Crippen LogP contribution in [-0.4, -0.2) is 78.1 Å². The molecule has 3 fully saturated rings. The number of carbonyl (C=O) groups excluding carboxylic acids is 1. The lowest BCUT2D eigenvalue weighted by atomic mass is 9.89. The van der Waals surface area contributed by atoms with E-state index in [-0.39, 0.29) is 11.3 Å². The lowest BCUT2D eigenvalue weighted by Crippen LogP contribution is -2.50. The molecule has 1 aromatic heterocycles. The molecule has 0 radical (unpaired) electrons. The van der Waals surface area contributed by atoms with Crippen LogP contribution in [0.3, 0.4) is 0 Å². The molecule has 33 heavy (non-hydrogen) atoms. The summed E-state index contributed by atoms with van der Waals surface area (Å²) in [6.45, 7) is 1.97. The average molecular weight is 498 g/mol. The highest BCUT2D eigenvalue weighted by Gasteiger charge is 2.35. The standard InChI is InChI=1S/C23H39N5O3S2/c1-26(2)33(30,31)21-13-14-27(17-21)16-20-15-24-22(32-20)25-23(29)28(18-9-5-3-6-10-18)19-11-7-4-8-12-19/h15,18-19,21H,3-14,16-17H2,1-2H3,(H,24,25,29). The number of carbonyl (C=O) groups is 1. The van der Waals surface area contributed by atoms with Gasteiger partial charge in [-0.15, -0.1) is 11.3 Å². The van der Waals surface area contributed by atoms with E-state index in [9.17, 15) is 13.2 Å². The molecule has 1 N–H and O–H groups in total. The second-order valence-corrected chi connectivity index (χ2v) is 13.6. The molecule has 0 aromatic carbocycles. The van der Waals surface area contributed by atoms with Gasteiger partial charge in [0.1, 0.15) is 0 Å². The maximum atomic E-state index is 13.4. The number of nitrogens with zero attached hydrogens (tertiary/aromatic N) is 4. The first kappa shape index (κ1) is 24.9. The van der Waals surface area contributed by atoms with Gasteiger partial charge in [-0.3, -0.25) is 10.2 Å². The van der Waals surface area contributed by atoms with Crippen LogP contribution in [0, 0.1) is 0 Å². The molecule has 0 bridgehead atoms. The van der Waals surface area contributed by atoms with Crippen LogP contribution in [0.5, 0.6) is 0 Å². The Balaban J connectivity index is 1.36. The van der Waals surface area contributed by atoms with Crippen molar-refractivity contribution in [3.8, 4) is 0 Å². The van der Waals surface area contributed by atoms with Crippen molar-refractivity contribution in [2.24, 2.45) is 0 Å². The van der Waals surface area contributed by atoms with Crippen LogP contribution in [0.2, 0.25) is 0 Å². The molecule has 2 heterocycles.